The summed E-state index contributed by atoms with van der Waals surface area (Å²) >= 11 is 0. The van der Waals surface area contributed by atoms with Crippen molar-refractivity contribution < 1.29 is 27.8 Å². The van der Waals surface area contributed by atoms with E-state index in [9.17, 15) is 18.0 Å². The molecule has 0 bridgehead atoms. The topological polar surface area (TPSA) is 109 Å². The van der Waals surface area contributed by atoms with Crippen LogP contribution in [0.25, 0.3) is 0 Å². The molecule has 3 N–H and O–H groups in total. The molecule has 0 amide bonds. The first-order chi connectivity index (χ1) is 8.23. The van der Waals surface area contributed by atoms with Crippen LogP contribution in [-0.2, 0) is 11.2 Å². The minimum atomic E-state index is -5.05. The van der Waals surface area contributed by atoms with Gasteiger partial charge in [-0.25, -0.2) is 4.98 Å². The largest absolute Gasteiger partial charge is 0.574 e. The Morgan fingerprint density at radius 3 is 2.67 bits per heavy atom. The molecule has 0 atom stereocenters. The summed E-state index contributed by atoms with van der Waals surface area (Å²) in [5.74, 6) is -2.36. The standard InChI is InChI=1S/C9H6F3N3O3/c10-9(11,12)18-8-5(3-13)6(14)1-4(15-8)2-7(16)17/h1H,2H2,(H2,14,15)(H,16,17). The van der Waals surface area contributed by atoms with Crippen molar-refractivity contribution in [3.05, 3.63) is 17.3 Å². The van der Waals surface area contributed by atoms with Crippen LogP contribution in [0.4, 0.5) is 18.9 Å². The lowest BCUT2D eigenvalue weighted by molar-refractivity contribution is -0.276. The second-order valence-electron chi connectivity index (χ2n) is 3.11. The maximum atomic E-state index is 12.1. The minimum absolute atomic E-state index is 0.238. The molecule has 0 aromatic carbocycles. The van der Waals surface area contributed by atoms with Gasteiger partial charge >= 0.3 is 12.3 Å². The zero-order chi connectivity index (χ0) is 13.9. The third-order valence-corrected chi connectivity index (χ3v) is 1.73. The van der Waals surface area contributed by atoms with Crippen molar-refractivity contribution >= 4 is 11.7 Å². The van der Waals surface area contributed by atoms with Gasteiger partial charge in [-0.05, 0) is 6.07 Å². The molecule has 0 radical (unpaired) electrons. The van der Waals surface area contributed by atoms with Gasteiger partial charge in [0.2, 0.25) is 5.88 Å². The summed E-state index contributed by atoms with van der Waals surface area (Å²) in [4.78, 5) is 13.7. The summed E-state index contributed by atoms with van der Waals surface area (Å²) in [6.45, 7) is 0. The molecule has 0 fully saturated rings. The van der Waals surface area contributed by atoms with E-state index >= 15 is 0 Å². The Morgan fingerprint density at radius 1 is 1.61 bits per heavy atom. The van der Waals surface area contributed by atoms with Gasteiger partial charge in [-0.15, -0.1) is 13.2 Å². The number of halogens is 3. The number of carboxylic acid groups (broad SMARTS) is 1. The lowest BCUT2D eigenvalue weighted by Gasteiger charge is -2.11. The fraction of sp³-hybridized carbons (Fsp3) is 0.222. The average Bonchev–Trinajstić information content (AvgIpc) is 2.13. The molecule has 0 unspecified atom stereocenters. The lowest BCUT2D eigenvalue weighted by atomic mass is 10.2. The van der Waals surface area contributed by atoms with Crippen LogP contribution in [0.15, 0.2) is 6.07 Å². The third-order valence-electron chi connectivity index (χ3n) is 1.73. The van der Waals surface area contributed by atoms with E-state index < -0.39 is 30.2 Å². The SMILES string of the molecule is N#Cc1c(N)cc(CC(=O)O)nc1OC(F)(F)F. The number of carboxylic acids is 1. The molecule has 18 heavy (non-hydrogen) atoms. The second kappa shape index (κ2) is 4.79. The predicted molar refractivity (Wildman–Crippen MR) is 51.4 cm³/mol. The molecule has 0 saturated heterocycles. The number of aliphatic carboxylic acids is 1. The zero-order valence-corrected chi connectivity index (χ0v) is 8.65. The number of nitrogens with zero attached hydrogens (tertiary/aromatic N) is 2. The highest BCUT2D eigenvalue weighted by atomic mass is 19.4. The number of alkyl halides is 3. The Labute approximate surface area is 98.4 Å². The van der Waals surface area contributed by atoms with Gasteiger partial charge in [-0.2, -0.15) is 5.26 Å². The quantitative estimate of drug-likeness (QED) is 0.841. The highest BCUT2D eigenvalue weighted by Crippen LogP contribution is 2.28. The molecule has 0 saturated carbocycles. The molecule has 0 aliphatic carbocycles. The van der Waals surface area contributed by atoms with Crippen molar-refractivity contribution in [1.82, 2.24) is 4.98 Å². The molecule has 0 spiro atoms. The van der Waals surface area contributed by atoms with Crippen molar-refractivity contribution in [3.8, 4) is 11.9 Å². The first-order valence-corrected chi connectivity index (χ1v) is 4.40. The number of hydrogen-bond acceptors (Lipinski definition) is 5. The summed E-state index contributed by atoms with van der Waals surface area (Å²) < 4.78 is 39.7. The summed E-state index contributed by atoms with van der Waals surface area (Å²) in [7, 11) is 0. The molecule has 96 valence electrons. The smallest absolute Gasteiger partial charge is 0.481 e. The fourth-order valence-electron chi connectivity index (χ4n) is 1.14. The number of aromatic nitrogens is 1. The second-order valence-corrected chi connectivity index (χ2v) is 3.11. The maximum Gasteiger partial charge on any atom is 0.574 e. The fourth-order valence-corrected chi connectivity index (χ4v) is 1.14. The summed E-state index contributed by atoms with van der Waals surface area (Å²) in [5.41, 5.74) is 4.16. The van der Waals surface area contributed by atoms with E-state index in [-0.39, 0.29) is 11.4 Å². The molecule has 1 rings (SSSR count). The molecule has 0 aliphatic heterocycles. The predicted octanol–water partition coefficient (Wildman–Crippen LogP) is 1.06. The van der Waals surface area contributed by atoms with E-state index in [2.05, 4.69) is 9.72 Å². The van der Waals surface area contributed by atoms with Gasteiger partial charge in [0.25, 0.3) is 0 Å². The van der Waals surface area contributed by atoms with E-state index in [1.54, 1.807) is 0 Å². The molecule has 1 aromatic rings. The van der Waals surface area contributed by atoms with Crippen molar-refractivity contribution in [2.45, 2.75) is 12.8 Å². The van der Waals surface area contributed by atoms with Gasteiger partial charge in [0.05, 0.1) is 17.8 Å². The monoisotopic (exact) mass is 261 g/mol. The van der Waals surface area contributed by atoms with E-state index in [1.807, 2.05) is 0 Å². The highest BCUT2D eigenvalue weighted by molar-refractivity contribution is 5.71. The van der Waals surface area contributed by atoms with Crippen LogP contribution in [0.5, 0.6) is 5.88 Å². The van der Waals surface area contributed by atoms with Gasteiger partial charge in [-0.3, -0.25) is 4.79 Å². The molecule has 0 aliphatic rings. The van der Waals surface area contributed by atoms with Gasteiger partial charge in [0.15, 0.2) is 0 Å². The van der Waals surface area contributed by atoms with Crippen molar-refractivity contribution in [3.63, 3.8) is 0 Å². The van der Waals surface area contributed by atoms with Gasteiger partial charge < -0.3 is 15.6 Å². The van der Waals surface area contributed by atoms with Crippen LogP contribution >= 0.6 is 0 Å². The first kappa shape index (κ1) is 13.6. The van der Waals surface area contributed by atoms with E-state index in [0.717, 1.165) is 6.07 Å². The lowest BCUT2D eigenvalue weighted by Crippen LogP contribution is -2.20. The number of rotatable bonds is 3. The maximum absolute atomic E-state index is 12.1. The summed E-state index contributed by atoms with van der Waals surface area (Å²) in [6.07, 6.45) is -5.68. The number of nitriles is 1. The number of nitrogen functional groups attached to an aromatic ring is 1. The average molecular weight is 261 g/mol. The van der Waals surface area contributed by atoms with Gasteiger partial charge in [-0.1, -0.05) is 0 Å². The Balaban J connectivity index is 3.24. The van der Waals surface area contributed by atoms with Crippen molar-refractivity contribution in [2.24, 2.45) is 0 Å². The van der Waals surface area contributed by atoms with E-state index in [0.29, 0.717) is 0 Å². The number of ether oxygens (including phenoxy) is 1. The van der Waals surface area contributed by atoms with Crippen LogP contribution in [0.2, 0.25) is 0 Å². The van der Waals surface area contributed by atoms with Crippen molar-refractivity contribution in [2.75, 3.05) is 5.73 Å². The summed E-state index contributed by atoms with van der Waals surface area (Å²) in [5, 5.41) is 17.1. The van der Waals surface area contributed by atoms with E-state index in [4.69, 9.17) is 16.1 Å². The number of hydrogen-bond donors (Lipinski definition) is 2. The number of nitrogens with two attached hydrogens (primary N) is 1. The van der Waals surface area contributed by atoms with E-state index in [1.165, 1.54) is 6.07 Å². The Bertz CT molecular complexity index is 522. The normalized spacial score (nSPS) is 10.8. The first-order valence-electron chi connectivity index (χ1n) is 4.40. The Hall–Kier alpha value is -2.50. The number of pyridine rings is 1. The number of carbonyl (C=O) groups is 1. The van der Waals surface area contributed by atoms with Gasteiger partial charge in [0.1, 0.15) is 11.6 Å². The van der Waals surface area contributed by atoms with Crippen LogP contribution in [0, 0.1) is 11.3 Å². The van der Waals surface area contributed by atoms with Crippen LogP contribution < -0.4 is 10.5 Å². The molecular formula is C9H6F3N3O3. The minimum Gasteiger partial charge on any atom is -0.481 e. The highest BCUT2D eigenvalue weighted by Gasteiger charge is 2.33. The molecular weight excluding hydrogens is 255 g/mol. The number of anilines is 1. The Kier molecular flexibility index (Phi) is 3.61. The Morgan fingerprint density at radius 2 is 2.22 bits per heavy atom. The van der Waals surface area contributed by atoms with Crippen LogP contribution in [-0.4, -0.2) is 22.4 Å². The van der Waals surface area contributed by atoms with Crippen LogP contribution in [0.3, 0.4) is 0 Å². The molecule has 1 heterocycles. The third kappa shape index (κ3) is 3.51. The molecule has 9 heteroatoms. The zero-order valence-electron chi connectivity index (χ0n) is 8.65. The molecule has 1 aromatic heterocycles. The summed E-state index contributed by atoms with van der Waals surface area (Å²) in [6, 6.07) is 2.42. The molecule has 6 nitrogen and oxygen atoms in total. The van der Waals surface area contributed by atoms with Gasteiger partial charge in [0, 0.05) is 0 Å². The van der Waals surface area contributed by atoms with Crippen LogP contribution in [0.1, 0.15) is 11.3 Å². The van der Waals surface area contributed by atoms with Crippen molar-refractivity contribution in [1.29, 1.82) is 5.26 Å².